The lowest BCUT2D eigenvalue weighted by atomic mass is 9.90. The van der Waals surface area contributed by atoms with Gasteiger partial charge in [0.2, 0.25) is 5.91 Å². The number of imide groups is 1. The van der Waals surface area contributed by atoms with E-state index in [-0.39, 0.29) is 12.5 Å². The minimum absolute atomic E-state index is 0.0148. The number of benzene rings is 2. The molecule has 2 fully saturated rings. The zero-order valence-corrected chi connectivity index (χ0v) is 21.9. The van der Waals surface area contributed by atoms with Crippen LogP contribution in [0.2, 0.25) is 0 Å². The predicted octanol–water partition coefficient (Wildman–Crippen LogP) is 2.85. The van der Waals surface area contributed by atoms with Gasteiger partial charge in [0.25, 0.3) is 5.91 Å². The summed E-state index contributed by atoms with van der Waals surface area (Å²) in [5.41, 5.74) is 3.43. The second-order valence-electron chi connectivity index (χ2n) is 11.4. The fourth-order valence-electron chi connectivity index (χ4n) is 6.76. The number of rotatable bonds is 4. The van der Waals surface area contributed by atoms with Crippen LogP contribution in [0, 0.1) is 5.92 Å². The van der Waals surface area contributed by atoms with Crippen molar-refractivity contribution in [1.29, 1.82) is 0 Å². The van der Waals surface area contributed by atoms with E-state index in [1.165, 1.54) is 4.90 Å². The Bertz CT molecular complexity index is 1530. The maximum absolute atomic E-state index is 13.8. The van der Waals surface area contributed by atoms with Gasteiger partial charge < -0.3 is 15.3 Å². The van der Waals surface area contributed by atoms with Gasteiger partial charge in [-0.1, -0.05) is 42.5 Å². The summed E-state index contributed by atoms with van der Waals surface area (Å²) >= 11 is 0. The number of aliphatic hydroxyl groups is 1. The van der Waals surface area contributed by atoms with Gasteiger partial charge in [-0.05, 0) is 66.3 Å². The first-order chi connectivity index (χ1) is 18.8. The molecule has 1 saturated heterocycles. The SMILES string of the molecule is Cn1cc(-c2ccc3c(c2)CCC32NC(=O)N(CC(=O)N3Cc4ccccc4CC[C@]3(O)C3CC3)C2=O)cn1. The molecule has 1 saturated carbocycles. The molecule has 1 spiro atoms. The third-order valence-corrected chi connectivity index (χ3v) is 9.05. The van der Waals surface area contributed by atoms with Gasteiger partial charge in [0.1, 0.15) is 17.8 Å². The van der Waals surface area contributed by atoms with E-state index in [1.54, 1.807) is 10.9 Å². The lowest BCUT2D eigenvalue weighted by Gasteiger charge is -2.39. The number of aryl methyl sites for hydroxylation is 3. The molecule has 0 radical (unpaired) electrons. The number of aromatic nitrogens is 2. The average Bonchev–Trinajstić information content (AvgIpc) is 3.59. The number of carbonyl (C=O) groups is 3. The zero-order valence-electron chi connectivity index (χ0n) is 21.9. The molecule has 2 aromatic carbocycles. The van der Waals surface area contributed by atoms with Gasteiger partial charge in [0.05, 0.1) is 6.20 Å². The van der Waals surface area contributed by atoms with E-state index in [4.69, 9.17) is 0 Å². The van der Waals surface area contributed by atoms with E-state index in [1.807, 2.05) is 49.6 Å². The molecule has 3 heterocycles. The van der Waals surface area contributed by atoms with Crippen LogP contribution in [0.4, 0.5) is 4.79 Å². The van der Waals surface area contributed by atoms with Crippen molar-refractivity contribution in [3.8, 4) is 11.1 Å². The van der Waals surface area contributed by atoms with Crippen molar-refractivity contribution in [3.63, 3.8) is 0 Å². The van der Waals surface area contributed by atoms with Crippen molar-refractivity contribution in [2.45, 2.75) is 56.3 Å². The predicted molar refractivity (Wildman–Crippen MR) is 142 cm³/mol. The van der Waals surface area contributed by atoms with Crippen LogP contribution >= 0.6 is 0 Å². The normalized spacial score (nSPS) is 26.0. The molecule has 1 aromatic heterocycles. The van der Waals surface area contributed by atoms with Gasteiger partial charge in [-0.2, -0.15) is 5.10 Å². The molecule has 39 heavy (non-hydrogen) atoms. The standard InChI is InChI=1S/C30H31N5O4/c1-33-16-23(15-31-33)20-6-9-25-21(14-20)10-12-29(25)27(37)34(28(38)32-29)18-26(36)35-17-22-5-3-2-4-19(22)11-13-30(35,39)24-7-8-24/h2-6,9,14-16,24,39H,7-8,10-13,17-18H2,1H3,(H,32,38)/t29?,30-/m0/s1. The Morgan fingerprint density at radius 2 is 1.82 bits per heavy atom. The minimum Gasteiger partial charge on any atom is -0.370 e. The summed E-state index contributed by atoms with van der Waals surface area (Å²) in [5.74, 6) is -0.799. The Hall–Kier alpha value is -3.98. The molecule has 9 nitrogen and oxygen atoms in total. The fourth-order valence-corrected chi connectivity index (χ4v) is 6.76. The Morgan fingerprint density at radius 1 is 1.05 bits per heavy atom. The highest BCUT2D eigenvalue weighted by Crippen LogP contribution is 2.47. The summed E-state index contributed by atoms with van der Waals surface area (Å²) in [7, 11) is 1.87. The number of hydrogen-bond donors (Lipinski definition) is 2. The quantitative estimate of drug-likeness (QED) is 0.510. The van der Waals surface area contributed by atoms with Crippen LogP contribution < -0.4 is 5.32 Å². The number of amides is 4. The van der Waals surface area contributed by atoms with Crippen LogP contribution in [-0.2, 0) is 41.6 Å². The molecule has 2 atom stereocenters. The van der Waals surface area contributed by atoms with Gasteiger partial charge in [0.15, 0.2) is 0 Å². The Kier molecular flexibility index (Phi) is 5.26. The molecular weight excluding hydrogens is 494 g/mol. The van der Waals surface area contributed by atoms with Crippen molar-refractivity contribution < 1.29 is 19.5 Å². The Labute approximate surface area is 226 Å². The summed E-state index contributed by atoms with van der Waals surface area (Å²) in [4.78, 5) is 43.4. The first-order valence-corrected chi connectivity index (χ1v) is 13.6. The zero-order chi connectivity index (χ0) is 26.9. The molecule has 4 aliphatic rings. The van der Waals surface area contributed by atoms with Crippen LogP contribution in [0.25, 0.3) is 11.1 Å². The number of carbonyl (C=O) groups excluding carboxylic acids is 3. The minimum atomic E-state index is -1.28. The molecule has 3 aromatic rings. The number of fused-ring (bicyclic) bond motifs is 3. The lowest BCUT2D eigenvalue weighted by Crippen LogP contribution is -2.55. The van der Waals surface area contributed by atoms with Gasteiger partial charge >= 0.3 is 6.03 Å². The third-order valence-electron chi connectivity index (χ3n) is 9.05. The van der Waals surface area contributed by atoms with Crippen LogP contribution in [-0.4, -0.2) is 54.8 Å². The highest BCUT2D eigenvalue weighted by atomic mass is 16.3. The van der Waals surface area contributed by atoms with Gasteiger partial charge in [-0.25, -0.2) is 4.79 Å². The van der Waals surface area contributed by atoms with Crippen LogP contribution in [0.15, 0.2) is 54.9 Å². The van der Waals surface area contributed by atoms with Crippen molar-refractivity contribution in [3.05, 3.63) is 77.1 Å². The van der Waals surface area contributed by atoms with Crippen LogP contribution in [0.1, 0.15) is 47.9 Å². The molecule has 7 rings (SSSR count). The average molecular weight is 526 g/mol. The summed E-state index contributed by atoms with van der Waals surface area (Å²) in [6, 6.07) is 13.3. The van der Waals surface area contributed by atoms with E-state index in [0.717, 1.165) is 51.1 Å². The molecular formula is C30H31N5O4. The molecule has 4 amide bonds. The van der Waals surface area contributed by atoms with Crippen molar-refractivity contribution in [2.75, 3.05) is 6.54 Å². The molecule has 9 heteroatoms. The van der Waals surface area contributed by atoms with E-state index >= 15 is 0 Å². The van der Waals surface area contributed by atoms with Crippen molar-refractivity contribution in [1.82, 2.24) is 24.9 Å². The van der Waals surface area contributed by atoms with E-state index < -0.39 is 35.7 Å². The molecule has 2 aliphatic heterocycles. The van der Waals surface area contributed by atoms with Crippen molar-refractivity contribution >= 4 is 17.8 Å². The topological polar surface area (TPSA) is 108 Å². The van der Waals surface area contributed by atoms with E-state index in [0.29, 0.717) is 25.7 Å². The number of nitrogens with zero attached hydrogens (tertiary/aromatic N) is 4. The fraction of sp³-hybridized carbons (Fsp3) is 0.400. The molecule has 0 bridgehead atoms. The first-order valence-electron chi connectivity index (χ1n) is 13.6. The van der Waals surface area contributed by atoms with Crippen LogP contribution in [0.5, 0.6) is 0 Å². The Morgan fingerprint density at radius 3 is 2.56 bits per heavy atom. The number of urea groups is 1. The largest absolute Gasteiger partial charge is 0.370 e. The van der Waals surface area contributed by atoms with Gasteiger partial charge in [-0.3, -0.25) is 19.2 Å². The monoisotopic (exact) mass is 525 g/mol. The maximum Gasteiger partial charge on any atom is 0.325 e. The summed E-state index contributed by atoms with van der Waals surface area (Å²) < 4.78 is 1.74. The summed E-state index contributed by atoms with van der Waals surface area (Å²) in [5, 5.41) is 18.9. The second kappa shape index (κ2) is 8.51. The molecule has 2 N–H and O–H groups in total. The van der Waals surface area contributed by atoms with E-state index in [9.17, 15) is 19.5 Å². The van der Waals surface area contributed by atoms with E-state index in [2.05, 4.69) is 16.5 Å². The highest BCUT2D eigenvalue weighted by molar-refractivity contribution is 6.10. The van der Waals surface area contributed by atoms with Gasteiger partial charge in [0, 0.05) is 31.3 Å². The number of hydrogen-bond acceptors (Lipinski definition) is 5. The van der Waals surface area contributed by atoms with Crippen molar-refractivity contribution in [2.24, 2.45) is 13.0 Å². The summed E-state index contributed by atoms with van der Waals surface area (Å²) in [6.07, 6.45) is 7.66. The number of nitrogens with one attached hydrogen (secondary N) is 1. The Balaban J connectivity index is 1.16. The molecule has 1 unspecified atom stereocenters. The third kappa shape index (κ3) is 3.71. The summed E-state index contributed by atoms with van der Waals surface area (Å²) in [6.45, 7) is -0.135. The smallest absolute Gasteiger partial charge is 0.325 e. The second-order valence-corrected chi connectivity index (χ2v) is 11.4. The maximum atomic E-state index is 13.8. The van der Waals surface area contributed by atoms with Crippen LogP contribution in [0.3, 0.4) is 0 Å². The highest BCUT2D eigenvalue weighted by Gasteiger charge is 2.57. The first kappa shape index (κ1) is 24.1. The molecule has 200 valence electrons. The lowest BCUT2D eigenvalue weighted by molar-refractivity contribution is -0.170. The molecule has 2 aliphatic carbocycles. The van der Waals surface area contributed by atoms with Gasteiger partial charge in [-0.15, -0.1) is 0 Å².